The number of rotatable bonds is 4. The Morgan fingerprint density at radius 2 is 2.00 bits per heavy atom. The summed E-state index contributed by atoms with van der Waals surface area (Å²) in [5.74, 6) is 0.000934. The molecule has 2 N–H and O–H groups in total. The van der Waals surface area contributed by atoms with Crippen LogP contribution in [0.4, 0.5) is 5.82 Å². The third-order valence-electron chi connectivity index (χ3n) is 3.32. The Balaban J connectivity index is 2.38. The van der Waals surface area contributed by atoms with Gasteiger partial charge in [-0.25, -0.2) is 8.42 Å². The van der Waals surface area contributed by atoms with Crippen LogP contribution in [-0.4, -0.2) is 29.6 Å². The van der Waals surface area contributed by atoms with E-state index in [1.54, 1.807) is 32.2 Å². The molecular weight excluding hydrogens is 312 g/mol. The summed E-state index contributed by atoms with van der Waals surface area (Å²) in [7, 11) is -0.586. The molecule has 0 saturated carbocycles. The molecule has 0 amide bonds. The number of anilines is 1. The second-order valence-electron chi connectivity index (χ2n) is 4.78. The van der Waals surface area contributed by atoms with E-state index in [-0.39, 0.29) is 17.3 Å². The zero-order valence-electron chi connectivity index (χ0n) is 12.0. The maximum absolute atomic E-state index is 12.7. The minimum Gasteiger partial charge on any atom is -0.381 e. The number of aryl methyl sites for hydroxylation is 1. The third-order valence-corrected chi connectivity index (χ3v) is 5.66. The Bertz CT molecular complexity index is 770. The standard InChI is InChI=1S/C13H17ClN4O2S/c1-9-12(13(15)16-18(9)3)21(19,20)17(2)8-10-6-4-5-7-11(10)14/h4-7H,8H2,1-3H3,(H2,15,16). The van der Waals surface area contributed by atoms with Crippen LogP contribution in [0.3, 0.4) is 0 Å². The van der Waals surface area contributed by atoms with E-state index in [1.165, 1.54) is 16.0 Å². The van der Waals surface area contributed by atoms with Gasteiger partial charge >= 0.3 is 0 Å². The van der Waals surface area contributed by atoms with E-state index in [1.807, 2.05) is 6.07 Å². The van der Waals surface area contributed by atoms with Crippen LogP contribution in [0.2, 0.25) is 5.02 Å². The van der Waals surface area contributed by atoms with Crippen molar-refractivity contribution < 1.29 is 8.42 Å². The van der Waals surface area contributed by atoms with Gasteiger partial charge in [-0.3, -0.25) is 4.68 Å². The van der Waals surface area contributed by atoms with Crippen molar-refractivity contribution in [2.24, 2.45) is 7.05 Å². The fraction of sp³-hybridized carbons (Fsp3) is 0.308. The topological polar surface area (TPSA) is 81.2 Å². The van der Waals surface area contributed by atoms with Crippen molar-refractivity contribution >= 4 is 27.4 Å². The average Bonchev–Trinajstić information content (AvgIpc) is 2.66. The monoisotopic (exact) mass is 328 g/mol. The van der Waals surface area contributed by atoms with Crippen LogP contribution in [0.25, 0.3) is 0 Å². The molecule has 0 radical (unpaired) electrons. The summed E-state index contributed by atoms with van der Waals surface area (Å²) < 4.78 is 28.0. The number of benzene rings is 1. The Morgan fingerprint density at radius 1 is 1.38 bits per heavy atom. The number of nitrogens with two attached hydrogens (primary N) is 1. The largest absolute Gasteiger partial charge is 0.381 e. The molecule has 114 valence electrons. The highest BCUT2D eigenvalue weighted by Crippen LogP contribution is 2.26. The van der Waals surface area contributed by atoms with E-state index < -0.39 is 10.0 Å². The fourth-order valence-corrected chi connectivity index (χ4v) is 3.67. The van der Waals surface area contributed by atoms with Crippen molar-refractivity contribution in [2.75, 3.05) is 12.8 Å². The van der Waals surface area contributed by atoms with Gasteiger partial charge in [0.1, 0.15) is 4.90 Å². The lowest BCUT2D eigenvalue weighted by Crippen LogP contribution is -2.27. The van der Waals surface area contributed by atoms with Gasteiger partial charge in [0.2, 0.25) is 10.0 Å². The maximum atomic E-state index is 12.7. The summed E-state index contributed by atoms with van der Waals surface area (Å²) in [6.45, 7) is 1.83. The van der Waals surface area contributed by atoms with Crippen molar-refractivity contribution in [1.29, 1.82) is 0 Å². The maximum Gasteiger partial charge on any atom is 0.248 e. The van der Waals surface area contributed by atoms with Crippen molar-refractivity contribution in [2.45, 2.75) is 18.4 Å². The first-order valence-electron chi connectivity index (χ1n) is 6.24. The molecule has 0 bridgehead atoms. The molecule has 1 aromatic carbocycles. The van der Waals surface area contributed by atoms with E-state index in [0.29, 0.717) is 10.7 Å². The molecule has 0 unspecified atom stereocenters. The van der Waals surface area contributed by atoms with Gasteiger partial charge < -0.3 is 5.73 Å². The predicted octanol–water partition coefficient (Wildman–Crippen LogP) is 1.78. The highest BCUT2D eigenvalue weighted by Gasteiger charge is 2.29. The quantitative estimate of drug-likeness (QED) is 0.927. The minimum atomic E-state index is -3.73. The smallest absolute Gasteiger partial charge is 0.248 e. The van der Waals surface area contributed by atoms with E-state index in [0.717, 1.165) is 5.56 Å². The molecule has 2 aromatic rings. The van der Waals surface area contributed by atoms with Gasteiger partial charge in [-0.1, -0.05) is 29.8 Å². The number of nitrogen functional groups attached to an aromatic ring is 1. The fourth-order valence-electron chi connectivity index (χ4n) is 2.04. The lowest BCUT2D eigenvalue weighted by molar-refractivity contribution is 0.466. The Morgan fingerprint density at radius 3 is 2.52 bits per heavy atom. The van der Waals surface area contributed by atoms with Crippen LogP contribution in [0.1, 0.15) is 11.3 Å². The van der Waals surface area contributed by atoms with Crippen LogP contribution in [0.5, 0.6) is 0 Å². The molecule has 2 rings (SSSR count). The van der Waals surface area contributed by atoms with Gasteiger partial charge in [0.15, 0.2) is 5.82 Å². The molecule has 21 heavy (non-hydrogen) atoms. The van der Waals surface area contributed by atoms with Crippen molar-refractivity contribution in [3.05, 3.63) is 40.5 Å². The van der Waals surface area contributed by atoms with Gasteiger partial charge in [-0.15, -0.1) is 0 Å². The second-order valence-corrected chi connectivity index (χ2v) is 7.16. The van der Waals surface area contributed by atoms with Crippen LogP contribution >= 0.6 is 11.6 Å². The number of aromatic nitrogens is 2. The Labute approximate surface area is 129 Å². The summed E-state index contributed by atoms with van der Waals surface area (Å²) in [5, 5.41) is 4.47. The van der Waals surface area contributed by atoms with Crippen LogP contribution in [0, 0.1) is 6.92 Å². The highest BCUT2D eigenvalue weighted by molar-refractivity contribution is 7.89. The van der Waals surface area contributed by atoms with Gasteiger partial charge in [0.05, 0.1) is 5.69 Å². The van der Waals surface area contributed by atoms with E-state index in [2.05, 4.69) is 5.10 Å². The minimum absolute atomic E-state index is 0.000934. The molecular formula is C13H17ClN4O2S. The first-order valence-corrected chi connectivity index (χ1v) is 8.05. The summed E-state index contributed by atoms with van der Waals surface area (Å²) in [5.41, 5.74) is 6.95. The number of sulfonamides is 1. The number of halogens is 1. The molecule has 8 heteroatoms. The SMILES string of the molecule is Cc1c(S(=O)(=O)N(C)Cc2ccccc2Cl)c(N)nn1C. The summed E-state index contributed by atoms with van der Waals surface area (Å²) in [6.07, 6.45) is 0. The molecule has 0 fully saturated rings. The van der Waals surface area contributed by atoms with E-state index in [9.17, 15) is 8.42 Å². The van der Waals surface area contributed by atoms with Crippen molar-refractivity contribution in [3.63, 3.8) is 0 Å². The number of hydrogen-bond acceptors (Lipinski definition) is 4. The lowest BCUT2D eigenvalue weighted by Gasteiger charge is -2.18. The van der Waals surface area contributed by atoms with Gasteiger partial charge in [0.25, 0.3) is 0 Å². The molecule has 6 nitrogen and oxygen atoms in total. The van der Waals surface area contributed by atoms with Crippen LogP contribution in [0.15, 0.2) is 29.2 Å². The van der Waals surface area contributed by atoms with Crippen molar-refractivity contribution in [3.8, 4) is 0 Å². The summed E-state index contributed by atoms with van der Waals surface area (Å²) in [6, 6.07) is 7.11. The summed E-state index contributed by atoms with van der Waals surface area (Å²) in [4.78, 5) is 0.0413. The van der Waals surface area contributed by atoms with E-state index >= 15 is 0 Å². The number of hydrogen-bond donors (Lipinski definition) is 1. The van der Waals surface area contributed by atoms with Crippen LogP contribution in [-0.2, 0) is 23.6 Å². The Hall–Kier alpha value is -1.57. The van der Waals surface area contributed by atoms with Crippen LogP contribution < -0.4 is 5.73 Å². The predicted molar refractivity (Wildman–Crippen MR) is 82.5 cm³/mol. The molecule has 1 heterocycles. The molecule has 0 aliphatic heterocycles. The molecule has 0 spiro atoms. The molecule has 0 aliphatic rings. The van der Waals surface area contributed by atoms with Gasteiger partial charge in [-0.05, 0) is 18.6 Å². The molecule has 0 saturated heterocycles. The lowest BCUT2D eigenvalue weighted by atomic mass is 10.2. The molecule has 1 aromatic heterocycles. The highest BCUT2D eigenvalue weighted by atomic mass is 35.5. The summed E-state index contributed by atoms with van der Waals surface area (Å²) >= 11 is 6.07. The van der Waals surface area contributed by atoms with Gasteiger partial charge in [-0.2, -0.15) is 9.40 Å². The first-order chi connectivity index (χ1) is 9.75. The Kier molecular flexibility index (Phi) is 4.27. The number of nitrogens with zero attached hydrogens (tertiary/aromatic N) is 3. The molecule has 0 aliphatic carbocycles. The normalized spacial score (nSPS) is 12.0. The molecule has 0 atom stereocenters. The average molecular weight is 329 g/mol. The zero-order valence-corrected chi connectivity index (χ0v) is 13.6. The zero-order chi connectivity index (χ0) is 15.8. The third kappa shape index (κ3) is 2.90. The van der Waals surface area contributed by atoms with E-state index in [4.69, 9.17) is 17.3 Å². The second kappa shape index (κ2) is 5.67. The van der Waals surface area contributed by atoms with Gasteiger partial charge in [0, 0.05) is 25.7 Å². The van der Waals surface area contributed by atoms with Crippen molar-refractivity contribution in [1.82, 2.24) is 14.1 Å². The first kappa shape index (κ1) is 15.8.